The Morgan fingerprint density at radius 1 is 1.12 bits per heavy atom. The molecule has 34 heavy (non-hydrogen) atoms. The number of aryl methyl sites for hydroxylation is 1. The lowest BCUT2D eigenvalue weighted by molar-refractivity contribution is 0.103. The third-order valence-electron chi connectivity index (χ3n) is 5.51. The molecule has 0 saturated carbocycles. The molecular weight excluding hydrogens is 466 g/mol. The molecular formula is C27H22ClN3O2S. The Labute approximate surface area is 206 Å². The number of nitrogens with zero attached hydrogens (tertiary/aromatic N) is 2. The van der Waals surface area contributed by atoms with Gasteiger partial charge in [0.05, 0.1) is 23.3 Å². The highest BCUT2D eigenvalue weighted by Crippen LogP contribution is 2.24. The molecule has 0 saturated heterocycles. The van der Waals surface area contributed by atoms with E-state index in [1.165, 1.54) is 27.7 Å². The smallest absolute Gasteiger partial charge is 0.265 e. The van der Waals surface area contributed by atoms with Crippen LogP contribution in [0.5, 0.6) is 5.75 Å². The Balaban J connectivity index is 1.21. The highest BCUT2D eigenvalue weighted by molar-refractivity contribution is 7.12. The van der Waals surface area contributed by atoms with Crippen molar-refractivity contribution in [3.05, 3.63) is 111 Å². The Hall–Kier alpha value is -3.61. The molecule has 0 radical (unpaired) electrons. The summed E-state index contributed by atoms with van der Waals surface area (Å²) in [5.74, 6) is 0.615. The lowest BCUT2D eigenvalue weighted by atomic mass is 10.0. The van der Waals surface area contributed by atoms with Gasteiger partial charge in [0.1, 0.15) is 12.4 Å². The first-order chi connectivity index (χ1) is 16.5. The first-order valence-corrected chi connectivity index (χ1v) is 12.1. The topological polar surface area (TPSA) is 56.1 Å². The van der Waals surface area contributed by atoms with E-state index in [4.69, 9.17) is 16.3 Å². The number of carbonyl (C=O) groups is 1. The van der Waals surface area contributed by atoms with E-state index in [0.29, 0.717) is 28.7 Å². The number of hydrogen-bond acceptors (Lipinski definition) is 4. The van der Waals surface area contributed by atoms with Gasteiger partial charge in [0.25, 0.3) is 5.91 Å². The van der Waals surface area contributed by atoms with Crippen molar-refractivity contribution in [3.8, 4) is 5.75 Å². The van der Waals surface area contributed by atoms with Crippen LogP contribution in [-0.2, 0) is 13.2 Å². The number of amides is 1. The lowest BCUT2D eigenvalue weighted by Crippen LogP contribution is -2.09. The fraction of sp³-hybridized carbons (Fsp3) is 0.111. The van der Waals surface area contributed by atoms with Crippen LogP contribution in [0.1, 0.15) is 26.4 Å². The van der Waals surface area contributed by atoms with E-state index in [9.17, 15) is 4.79 Å². The number of thiophene rings is 1. The largest absolute Gasteiger partial charge is 0.489 e. The van der Waals surface area contributed by atoms with Crippen LogP contribution in [0, 0.1) is 6.92 Å². The van der Waals surface area contributed by atoms with Gasteiger partial charge in [0.15, 0.2) is 0 Å². The zero-order valence-electron chi connectivity index (χ0n) is 18.5. The van der Waals surface area contributed by atoms with Crippen LogP contribution in [0.4, 0.5) is 5.69 Å². The van der Waals surface area contributed by atoms with Crippen LogP contribution in [0.25, 0.3) is 10.8 Å². The molecule has 5 aromatic rings. The minimum Gasteiger partial charge on any atom is -0.489 e. The van der Waals surface area contributed by atoms with Gasteiger partial charge in [0, 0.05) is 16.8 Å². The number of anilines is 1. The van der Waals surface area contributed by atoms with E-state index >= 15 is 0 Å². The van der Waals surface area contributed by atoms with Crippen LogP contribution < -0.4 is 10.1 Å². The summed E-state index contributed by atoms with van der Waals surface area (Å²) < 4.78 is 7.72. The molecule has 0 spiro atoms. The van der Waals surface area contributed by atoms with Gasteiger partial charge in [-0.2, -0.15) is 5.10 Å². The molecule has 3 aromatic carbocycles. The quantitative estimate of drug-likeness (QED) is 0.270. The zero-order valence-corrected chi connectivity index (χ0v) is 20.1. The molecule has 1 amide bonds. The summed E-state index contributed by atoms with van der Waals surface area (Å²) in [6.07, 6.45) is 3.52. The predicted octanol–water partition coefficient (Wildman–Crippen LogP) is 6.94. The number of benzene rings is 3. The van der Waals surface area contributed by atoms with E-state index in [1.54, 1.807) is 12.3 Å². The molecule has 0 aliphatic rings. The molecule has 170 valence electrons. The highest BCUT2D eigenvalue weighted by Gasteiger charge is 2.12. The molecule has 0 aliphatic heterocycles. The van der Waals surface area contributed by atoms with Crippen molar-refractivity contribution in [2.75, 3.05) is 5.32 Å². The summed E-state index contributed by atoms with van der Waals surface area (Å²) in [5.41, 5.74) is 3.75. The molecule has 7 heteroatoms. The van der Waals surface area contributed by atoms with Crippen molar-refractivity contribution in [3.63, 3.8) is 0 Å². The zero-order chi connectivity index (χ0) is 23.5. The number of halogens is 1. The van der Waals surface area contributed by atoms with Gasteiger partial charge >= 0.3 is 0 Å². The van der Waals surface area contributed by atoms with Crippen molar-refractivity contribution >= 4 is 45.3 Å². The third kappa shape index (κ3) is 4.98. The van der Waals surface area contributed by atoms with Gasteiger partial charge in [-0.3, -0.25) is 9.48 Å². The fourth-order valence-electron chi connectivity index (χ4n) is 3.82. The van der Waals surface area contributed by atoms with Crippen molar-refractivity contribution in [1.29, 1.82) is 0 Å². The number of fused-ring (bicyclic) bond motifs is 1. The molecule has 5 nitrogen and oxygen atoms in total. The maximum atomic E-state index is 12.7. The van der Waals surface area contributed by atoms with E-state index in [-0.39, 0.29) is 5.91 Å². The first kappa shape index (κ1) is 22.2. The number of rotatable bonds is 7. The summed E-state index contributed by atoms with van der Waals surface area (Å²) in [7, 11) is 0. The number of aromatic nitrogens is 2. The molecule has 0 aliphatic carbocycles. The molecule has 0 atom stereocenters. The van der Waals surface area contributed by atoms with Gasteiger partial charge in [-0.25, -0.2) is 0 Å². The Bertz CT molecular complexity index is 1470. The van der Waals surface area contributed by atoms with Crippen molar-refractivity contribution in [2.45, 2.75) is 20.1 Å². The van der Waals surface area contributed by atoms with Crippen molar-refractivity contribution in [2.24, 2.45) is 0 Å². The van der Waals surface area contributed by atoms with Crippen LogP contribution in [0.2, 0.25) is 5.02 Å². The lowest BCUT2D eigenvalue weighted by Gasteiger charge is -2.08. The molecule has 0 fully saturated rings. The maximum absolute atomic E-state index is 12.7. The van der Waals surface area contributed by atoms with Crippen molar-refractivity contribution in [1.82, 2.24) is 9.78 Å². The molecule has 2 aromatic heterocycles. The van der Waals surface area contributed by atoms with E-state index < -0.39 is 0 Å². The fourth-order valence-corrected chi connectivity index (χ4v) is 4.84. The molecule has 0 bridgehead atoms. The average molecular weight is 488 g/mol. The first-order valence-electron chi connectivity index (χ1n) is 10.8. The van der Waals surface area contributed by atoms with Gasteiger partial charge in [-0.15, -0.1) is 11.3 Å². The van der Waals surface area contributed by atoms with Gasteiger partial charge in [0.2, 0.25) is 0 Å². The molecule has 0 unspecified atom stereocenters. The second-order valence-corrected chi connectivity index (χ2v) is 9.38. The minimum absolute atomic E-state index is 0.163. The van der Waals surface area contributed by atoms with Crippen LogP contribution in [0.3, 0.4) is 0 Å². The van der Waals surface area contributed by atoms with Gasteiger partial charge < -0.3 is 10.1 Å². The van der Waals surface area contributed by atoms with Crippen LogP contribution in [0.15, 0.2) is 84.5 Å². The van der Waals surface area contributed by atoms with Crippen LogP contribution in [-0.4, -0.2) is 15.7 Å². The van der Waals surface area contributed by atoms with E-state index in [1.807, 2.05) is 53.5 Å². The van der Waals surface area contributed by atoms with Crippen LogP contribution >= 0.6 is 22.9 Å². The number of nitrogens with one attached hydrogen (secondary N) is 1. The number of carbonyl (C=O) groups excluding carboxylic acids is 1. The highest BCUT2D eigenvalue weighted by atomic mass is 35.5. The number of hydrogen-bond donors (Lipinski definition) is 1. The summed E-state index contributed by atoms with van der Waals surface area (Å²) in [6.45, 7) is 2.96. The number of ether oxygens (including phenoxy) is 1. The minimum atomic E-state index is -0.163. The SMILES string of the molecule is Cc1cc(Cl)ccc1OCc1csc(C(=O)Nc2cnn(Cc3cccc4ccccc34)c2)c1. The standard InChI is InChI=1S/C27H22ClN3O2S/c1-18-11-22(28)9-10-25(18)33-16-19-12-26(34-17-19)27(32)30-23-13-29-31(15-23)14-21-7-4-6-20-5-2-3-8-24(20)21/h2-13,15,17H,14,16H2,1H3,(H,30,32). The Kier molecular flexibility index (Phi) is 6.34. The molecule has 1 N–H and O–H groups in total. The van der Waals surface area contributed by atoms with Gasteiger partial charge in [-0.1, -0.05) is 54.1 Å². The summed E-state index contributed by atoms with van der Waals surface area (Å²) in [4.78, 5) is 13.4. The third-order valence-corrected chi connectivity index (χ3v) is 6.73. The summed E-state index contributed by atoms with van der Waals surface area (Å²) in [6, 6.07) is 21.9. The Morgan fingerprint density at radius 2 is 1.97 bits per heavy atom. The monoisotopic (exact) mass is 487 g/mol. The Morgan fingerprint density at radius 3 is 2.85 bits per heavy atom. The molecule has 2 heterocycles. The predicted molar refractivity (Wildman–Crippen MR) is 138 cm³/mol. The van der Waals surface area contributed by atoms with Crippen molar-refractivity contribution < 1.29 is 9.53 Å². The average Bonchev–Trinajstić information content (AvgIpc) is 3.48. The normalized spacial score (nSPS) is 11.0. The second kappa shape index (κ2) is 9.71. The van der Waals surface area contributed by atoms with E-state index in [0.717, 1.165) is 16.9 Å². The second-order valence-electron chi connectivity index (χ2n) is 8.04. The van der Waals surface area contributed by atoms with Gasteiger partial charge in [-0.05, 0) is 58.5 Å². The summed E-state index contributed by atoms with van der Waals surface area (Å²) >= 11 is 7.39. The van der Waals surface area contributed by atoms with E-state index in [2.05, 4.69) is 40.7 Å². The molecule has 5 rings (SSSR count). The maximum Gasteiger partial charge on any atom is 0.265 e. The summed E-state index contributed by atoms with van der Waals surface area (Å²) in [5, 5.41) is 12.4.